The number of carbonyl (C=O) groups is 2. The fourth-order valence-electron chi connectivity index (χ4n) is 5.01. The third-order valence-corrected chi connectivity index (χ3v) is 7.65. The van der Waals surface area contributed by atoms with Crippen molar-refractivity contribution in [3.8, 4) is 0 Å². The molecule has 3 atom stereocenters. The normalized spacial score (nSPS) is 29.7. The molecule has 28 heavy (non-hydrogen) atoms. The lowest BCUT2D eigenvalue weighted by molar-refractivity contribution is -0.943. The third kappa shape index (κ3) is 2.70. The van der Waals surface area contributed by atoms with Gasteiger partial charge in [-0.15, -0.1) is 11.3 Å². The number of hydrogen-bond donors (Lipinski definition) is 2. The van der Waals surface area contributed by atoms with Crippen LogP contribution in [0.3, 0.4) is 0 Å². The Morgan fingerprint density at radius 1 is 1.21 bits per heavy atom. The number of hydrogen-bond acceptors (Lipinski definition) is 3. The van der Waals surface area contributed by atoms with E-state index in [0.717, 1.165) is 18.5 Å². The van der Waals surface area contributed by atoms with Crippen LogP contribution in [-0.2, 0) is 16.8 Å². The molecule has 3 heterocycles. The van der Waals surface area contributed by atoms with Crippen molar-refractivity contribution in [3.05, 3.63) is 57.8 Å². The Kier molecular flexibility index (Phi) is 4.29. The van der Waals surface area contributed by atoms with E-state index in [0.29, 0.717) is 25.0 Å². The Balaban J connectivity index is 1.43. The molecule has 1 saturated heterocycles. The quantitative estimate of drug-likeness (QED) is 0.763. The Bertz CT molecular complexity index is 908. The minimum absolute atomic E-state index is 0.107. The van der Waals surface area contributed by atoms with Crippen molar-refractivity contribution in [1.82, 2.24) is 10.2 Å². The van der Waals surface area contributed by atoms with Crippen molar-refractivity contribution in [1.29, 1.82) is 0 Å². The van der Waals surface area contributed by atoms with Gasteiger partial charge in [0, 0.05) is 22.8 Å². The molecule has 6 heteroatoms. The van der Waals surface area contributed by atoms with Gasteiger partial charge in [-0.2, -0.15) is 0 Å². The van der Waals surface area contributed by atoms with Gasteiger partial charge in [0.1, 0.15) is 11.6 Å². The molecule has 5 rings (SSSR count). The topological polar surface area (TPSA) is 53.9 Å². The molecule has 1 aromatic carbocycles. The van der Waals surface area contributed by atoms with Gasteiger partial charge < -0.3 is 10.2 Å². The van der Waals surface area contributed by atoms with Crippen LogP contribution in [0, 0.1) is 5.92 Å². The van der Waals surface area contributed by atoms with Crippen LogP contribution >= 0.6 is 11.3 Å². The lowest BCUT2D eigenvalue weighted by Gasteiger charge is -2.35. The molecular weight excluding hydrogens is 370 g/mol. The standard InChI is InChI=1S/C22H25N3O2S/c1-2-22(16-6-4-3-5-7-16)20(26)25(21(27)23-22)14-24-12-10-18-17(11-13-28-18)19(24)15-8-9-15/h3-7,11,13,15,19H,2,8-10,12,14H2,1H3,(H,23,27)/p+1/t19-,22-/m0/s1. The summed E-state index contributed by atoms with van der Waals surface area (Å²) < 4.78 is 0. The molecule has 3 aliphatic rings. The van der Waals surface area contributed by atoms with E-state index in [1.807, 2.05) is 48.6 Å². The monoisotopic (exact) mass is 396 g/mol. The maximum atomic E-state index is 13.5. The first kappa shape index (κ1) is 17.9. The highest BCUT2D eigenvalue weighted by Crippen LogP contribution is 2.42. The maximum absolute atomic E-state index is 13.5. The SMILES string of the molecule is CC[C@@]1(c2ccccc2)NC(=O)N(C[NH+]2CCc3sccc3[C@@H]2C2CC2)C1=O. The average Bonchev–Trinajstić information content (AvgIpc) is 3.39. The van der Waals surface area contributed by atoms with Gasteiger partial charge in [0.15, 0.2) is 6.67 Å². The van der Waals surface area contributed by atoms with Crippen LogP contribution in [0.15, 0.2) is 41.8 Å². The van der Waals surface area contributed by atoms with Crippen molar-refractivity contribution in [2.24, 2.45) is 5.92 Å². The zero-order chi connectivity index (χ0) is 19.3. The van der Waals surface area contributed by atoms with E-state index in [2.05, 4.69) is 16.8 Å². The van der Waals surface area contributed by atoms with Crippen LogP contribution in [0.4, 0.5) is 4.79 Å². The number of nitrogens with one attached hydrogen (secondary N) is 2. The summed E-state index contributed by atoms with van der Waals surface area (Å²) in [5.74, 6) is 0.582. The summed E-state index contributed by atoms with van der Waals surface area (Å²) in [6, 6.07) is 12.1. The third-order valence-electron chi connectivity index (χ3n) is 6.66. The number of fused-ring (bicyclic) bond motifs is 1. The molecule has 1 unspecified atom stereocenters. The molecule has 2 N–H and O–H groups in total. The van der Waals surface area contributed by atoms with Gasteiger partial charge in [-0.3, -0.25) is 4.79 Å². The number of carbonyl (C=O) groups excluding carboxylic acids is 2. The number of amides is 3. The van der Waals surface area contributed by atoms with Crippen LogP contribution in [0.25, 0.3) is 0 Å². The highest BCUT2D eigenvalue weighted by atomic mass is 32.1. The van der Waals surface area contributed by atoms with E-state index in [4.69, 9.17) is 0 Å². The van der Waals surface area contributed by atoms with E-state index in [-0.39, 0.29) is 11.9 Å². The summed E-state index contributed by atoms with van der Waals surface area (Å²) in [6.07, 6.45) is 4.10. The molecule has 0 bridgehead atoms. The summed E-state index contributed by atoms with van der Waals surface area (Å²) in [6.45, 7) is 3.40. The van der Waals surface area contributed by atoms with E-state index >= 15 is 0 Å². The molecule has 1 aromatic heterocycles. The number of urea groups is 1. The zero-order valence-electron chi connectivity index (χ0n) is 16.1. The minimum Gasteiger partial charge on any atom is -0.319 e. The van der Waals surface area contributed by atoms with E-state index in [1.165, 1.54) is 33.1 Å². The molecule has 2 aromatic rings. The largest absolute Gasteiger partial charge is 0.329 e. The summed E-state index contributed by atoms with van der Waals surface area (Å²) in [7, 11) is 0. The van der Waals surface area contributed by atoms with Crippen molar-refractivity contribution in [3.63, 3.8) is 0 Å². The lowest BCUT2D eigenvalue weighted by atomic mass is 9.87. The smallest absolute Gasteiger partial charge is 0.319 e. The van der Waals surface area contributed by atoms with Gasteiger partial charge in [-0.05, 0) is 36.3 Å². The number of thiophene rings is 1. The molecule has 1 saturated carbocycles. The van der Waals surface area contributed by atoms with E-state index < -0.39 is 5.54 Å². The Labute approximate surface area is 169 Å². The Hall–Kier alpha value is -2.18. The van der Waals surface area contributed by atoms with E-state index in [1.54, 1.807) is 0 Å². The van der Waals surface area contributed by atoms with Gasteiger partial charge in [0.05, 0.1) is 6.54 Å². The molecular formula is C22H26N3O2S+. The van der Waals surface area contributed by atoms with Crippen molar-refractivity contribution in [2.75, 3.05) is 13.2 Å². The van der Waals surface area contributed by atoms with Gasteiger partial charge in [-0.25, -0.2) is 9.69 Å². The van der Waals surface area contributed by atoms with Gasteiger partial charge in [0.2, 0.25) is 0 Å². The second kappa shape index (κ2) is 6.71. The molecule has 146 valence electrons. The van der Waals surface area contributed by atoms with Gasteiger partial charge in [-0.1, -0.05) is 37.3 Å². The van der Waals surface area contributed by atoms with Crippen molar-refractivity contribution < 1.29 is 14.5 Å². The first-order valence-corrected chi connectivity index (χ1v) is 11.1. The van der Waals surface area contributed by atoms with Crippen LogP contribution < -0.4 is 10.2 Å². The summed E-state index contributed by atoms with van der Waals surface area (Å²) >= 11 is 1.85. The molecule has 2 aliphatic heterocycles. The highest BCUT2D eigenvalue weighted by molar-refractivity contribution is 7.10. The second-order valence-corrected chi connectivity index (χ2v) is 9.22. The lowest BCUT2D eigenvalue weighted by Crippen LogP contribution is -3.15. The zero-order valence-corrected chi connectivity index (χ0v) is 16.9. The summed E-state index contributed by atoms with van der Waals surface area (Å²) in [4.78, 5) is 30.7. The highest BCUT2D eigenvalue weighted by Gasteiger charge is 2.53. The summed E-state index contributed by atoms with van der Waals surface area (Å²) in [5, 5.41) is 5.21. The maximum Gasteiger partial charge on any atom is 0.329 e. The minimum atomic E-state index is -0.934. The summed E-state index contributed by atoms with van der Waals surface area (Å²) in [5.41, 5.74) is 1.38. The molecule has 1 aliphatic carbocycles. The average molecular weight is 397 g/mol. The number of quaternary nitrogens is 1. The second-order valence-electron chi connectivity index (χ2n) is 8.22. The molecule has 2 fully saturated rings. The number of benzene rings is 1. The fraction of sp³-hybridized carbons (Fsp3) is 0.455. The number of nitrogens with zero attached hydrogens (tertiary/aromatic N) is 1. The van der Waals surface area contributed by atoms with Crippen LogP contribution in [0.1, 0.15) is 48.2 Å². The van der Waals surface area contributed by atoms with E-state index in [9.17, 15) is 9.59 Å². The number of imide groups is 1. The number of rotatable bonds is 5. The van der Waals surface area contributed by atoms with Crippen molar-refractivity contribution >= 4 is 23.3 Å². The van der Waals surface area contributed by atoms with Crippen LogP contribution in [0.5, 0.6) is 0 Å². The first-order valence-electron chi connectivity index (χ1n) is 10.2. The predicted octanol–water partition coefficient (Wildman–Crippen LogP) is 2.46. The molecule has 0 radical (unpaired) electrons. The predicted molar refractivity (Wildman–Crippen MR) is 108 cm³/mol. The van der Waals surface area contributed by atoms with Gasteiger partial charge in [0.25, 0.3) is 5.91 Å². The molecule has 0 spiro atoms. The van der Waals surface area contributed by atoms with Crippen molar-refractivity contribution in [2.45, 2.75) is 44.2 Å². The van der Waals surface area contributed by atoms with Gasteiger partial charge >= 0.3 is 6.03 Å². The first-order chi connectivity index (χ1) is 13.6. The molecule has 5 nitrogen and oxygen atoms in total. The molecule has 3 amide bonds. The Morgan fingerprint density at radius 3 is 2.71 bits per heavy atom. The fourth-order valence-corrected chi connectivity index (χ4v) is 5.94. The van der Waals surface area contributed by atoms with Crippen LogP contribution in [-0.4, -0.2) is 30.1 Å². The van der Waals surface area contributed by atoms with Crippen LogP contribution in [0.2, 0.25) is 0 Å². The Morgan fingerprint density at radius 2 is 2.00 bits per heavy atom.